The van der Waals surface area contributed by atoms with E-state index < -0.39 is 0 Å². The summed E-state index contributed by atoms with van der Waals surface area (Å²) in [6.07, 6.45) is 7.99. The van der Waals surface area contributed by atoms with Crippen LogP contribution in [0.15, 0.2) is 48.7 Å². The fourth-order valence-corrected chi connectivity index (χ4v) is 5.05. The maximum atomic E-state index is 6.34. The molecule has 1 N–H and O–H groups in total. The molecule has 4 heteroatoms. The minimum Gasteiger partial charge on any atom is -0.359 e. The van der Waals surface area contributed by atoms with E-state index in [0.717, 1.165) is 36.3 Å². The number of nitrogens with one attached hydrogen (secondary N) is 1. The maximum Gasteiger partial charge on any atom is 0.0833 e. The molecule has 0 saturated heterocycles. The molecule has 0 saturated carbocycles. The standard InChI is InChI=1S/C23H22Cl2N2/c24-21-6-5-19-20(13-26-23(19)22(21)25)16-7-9-27(10-8-16)14-15-11-17-3-1-2-4-18(17)12-15/h1-7,13,15,26H,8-12,14H2. The summed E-state index contributed by atoms with van der Waals surface area (Å²) in [6.45, 7) is 3.33. The number of nitrogens with zero attached hydrogens (tertiary/aromatic N) is 1. The van der Waals surface area contributed by atoms with Gasteiger partial charge >= 0.3 is 0 Å². The van der Waals surface area contributed by atoms with Crippen molar-refractivity contribution in [3.05, 3.63) is 75.4 Å². The van der Waals surface area contributed by atoms with Gasteiger partial charge in [-0.05, 0) is 47.9 Å². The molecule has 0 radical (unpaired) electrons. The van der Waals surface area contributed by atoms with Crippen molar-refractivity contribution in [2.24, 2.45) is 5.92 Å². The van der Waals surface area contributed by atoms with Gasteiger partial charge in [-0.1, -0.05) is 59.6 Å². The van der Waals surface area contributed by atoms with Gasteiger partial charge < -0.3 is 4.98 Å². The molecule has 27 heavy (non-hydrogen) atoms. The van der Waals surface area contributed by atoms with Crippen LogP contribution in [0.2, 0.25) is 10.0 Å². The van der Waals surface area contributed by atoms with Crippen LogP contribution in [0.1, 0.15) is 23.1 Å². The van der Waals surface area contributed by atoms with E-state index in [-0.39, 0.29) is 0 Å². The number of benzene rings is 2. The number of H-pyrrole nitrogens is 1. The van der Waals surface area contributed by atoms with Gasteiger partial charge in [-0.3, -0.25) is 4.90 Å². The Morgan fingerprint density at radius 2 is 1.81 bits per heavy atom. The lowest BCUT2D eigenvalue weighted by molar-refractivity contribution is 0.255. The number of rotatable bonds is 3. The molecule has 1 aliphatic heterocycles. The zero-order chi connectivity index (χ0) is 18.4. The molecule has 0 amide bonds. The van der Waals surface area contributed by atoms with E-state index in [1.54, 1.807) is 11.1 Å². The van der Waals surface area contributed by atoms with Gasteiger partial charge in [0.2, 0.25) is 0 Å². The van der Waals surface area contributed by atoms with Gasteiger partial charge in [-0.2, -0.15) is 0 Å². The van der Waals surface area contributed by atoms with Crippen molar-refractivity contribution in [1.29, 1.82) is 0 Å². The molecule has 0 unspecified atom stereocenters. The Hall–Kier alpha value is -1.74. The Morgan fingerprint density at radius 1 is 1.04 bits per heavy atom. The molecule has 0 fully saturated rings. The number of aromatic nitrogens is 1. The molecule has 2 aliphatic rings. The predicted molar refractivity (Wildman–Crippen MR) is 115 cm³/mol. The van der Waals surface area contributed by atoms with E-state index in [9.17, 15) is 0 Å². The first-order chi connectivity index (χ1) is 13.2. The molecule has 2 aromatic carbocycles. The summed E-state index contributed by atoms with van der Waals surface area (Å²) >= 11 is 12.5. The summed E-state index contributed by atoms with van der Waals surface area (Å²) < 4.78 is 0. The highest BCUT2D eigenvalue weighted by Crippen LogP contribution is 2.36. The van der Waals surface area contributed by atoms with Crippen molar-refractivity contribution in [1.82, 2.24) is 9.88 Å². The van der Waals surface area contributed by atoms with Crippen LogP contribution in [0.4, 0.5) is 0 Å². The lowest BCUT2D eigenvalue weighted by Gasteiger charge is -2.28. The van der Waals surface area contributed by atoms with Gasteiger partial charge in [0.15, 0.2) is 0 Å². The summed E-state index contributed by atoms with van der Waals surface area (Å²) in [4.78, 5) is 5.90. The highest BCUT2D eigenvalue weighted by Gasteiger charge is 2.24. The van der Waals surface area contributed by atoms with E-state index >= 15 is 0 Å². The zero-order valence-electron chi connectivity index (χ0n) is 15.1. The summed E-state index contributed by atoms with van der Waals surface area (Å²) in [5.74, 6) is 0.756. The second kappa shape index (κ2) is 7.01. The zero-order valence-corrected chi connectivity index (χ0v) is 16.7. The van der Waals surface area contributed by atoms with Crippen molar-refractivity contribution >= 4 is 39.7 Å². The van der Waals surface area contributed by atoms with Gasteiger partial charge in [0.25, 0.3) is 0 Å². The summed E-state index contributed by atoms with van der Waals surface area (Å²) in [6, 6.07) is 12.9. The first-order valence-electron chi connectivity index (χ1n) is 9.62. The van der Waals surface area contributed by atoms with E-state index in [2.05, 4.69) is 52.5 Å². The van der Waals surface area contributed by atoms with Crippen molar-refractivity contribution < 1.29 is 0 Å². The van der Waals surface area contributed by atoms with Crippen LogP contribution in [0.25, 0.3) is 16.5 Å². The van der Waals surface area contributed by atoms with Crippen molar-refractivity contribution in [3.8, 4) is 0 Å². The first kappa shape index (κ1) is 17.4. The summed E-state index contributed by atoms with van der Waals surface area (Å²) in [7, 11) is 0. The number of hydrogen-bond acceptors (Lipinski definition) is 1. The molecule has 2 heterocycles. The Labute approximate surface area is 169 Å². The topological polar surface area (TPSA) is 19.0 Å². The first-order valence-corrected chi connectivity index (χ1v) is 10.4. The van der Waals surface area contributed by atoms with Gasteiger partial charge in [0.05, 0.1) is 15.6 Å². The predicted octanol–water partition coefficient (Wildman–Crippen LogP) is 5.98. The molecule has 2 nitrogen and oxygen atoms in total. The van der Waals surface area contributed by atoms with Crippen LogP contribution >= 0.6 is 23.2 Å². The average Bonchev–Trinajstić information content (AvgIpc) is 3.29. The number of halogens is 2. The number of fused-ring (bicyclic) bond motifs is 2. The molecule has 0 spiro atoms. The van der Waals surface area contributed by atoms with E-state index in [0.29, 0.717) is 10.0 Å². The fourth-order valence-electron chi connectivity index (χ4n) is 4.67. The molecule has 1 aromatic heterocycles. The van der Waals surface area contributed by atoms with Gasteiger partial charge in [-0.15, -0.1) is 0 Å². The lowest BCUT2D eigenvalue weighted by Crippen LogP contribution is -2.33. The van der Waals surface area contributed by atoms with E-state index in [1.807, 2.05) is 6.07 Å². The number of hydrogen-bond donors (Lipinski definition) is 1. The van der Waals surface area contributed by atoms with Crippen LogP contribution in [0.3, 0.4) is 0 Å². The van der Waals surface area contributed by atoms with E-state index in [4.69, 9.17) is 23.2 Å². The number of aromatic amines is 1. The monoisotopic (exact) mass is 396 g/mol. The highest BCUT2D eigenvalue weighted by molar-refractivity contribution is 6.45. The Balaban J connectivity index is 1.29. The Kier molecular flexibility index (Phi) is 4.51. The molecule has 1 aliphatic carbocycles. The molecular weight excluding hydrogens is 375 g/mol. The average molecular weight is 397 g/mol. The Bertz CT molecular complexity index is 1010. The molecule has 3 aromatic rings. The second-order valence-corrected chi connectivity index (χ2v) is 8.55. The third kappa shape index (κ3) is 3.20. The minimum atomic E-state index is 0.596. The van der Waals surface area contributed by atoms with Crippen LogP contribution in [-0.4, -0.2) is 29.5 Å². The van der Waals surface area contributed by atoms with Crippen LogP contribution in [0, 0.1) is 5.92 Å². The molecule has 138 valence electrons. The molecule has 5 rings (SSSR count). The smallest absolute Gasteiger partial charge is 0.0833 e. The third-order valence-electron chi connectivity index (χ3n) is 6.04. The van der Waals surface area contributed by atoms with Gasteiger partial charge in [0, 0.05) is 36.8 Å². The Morgan fingerprint density at radius 3 is 2.52 bits per heavy atom. The lowest BCUT2D eigenvalue weighted by atomic mass is 9.97. The van der Waals surface area contributed by atoms with Crippen LogP contribution in [0.5, 0.6) is 0 Å². The van der Waals surface area contributed by atoms with Crippen molar-refractivity contribution in [3.63, 3.8) is 0 Å². The van der Waals surface area contributed by atoms with Crippen molar-refractivity contribution in [2.45, 2.75) is 19.3 Å². The summed E-state index contributed by atoms with van der Waals surface area (Å²) in [5, 5.41) is 2.37. The highest BCUT2D eigenvalue weighted by atomic mass is 35.5. The second-order valence-electron chi connectivity index (χ2n) is 7.77. The normalized spacial score (nSPS) is 18.1. The SMILES string of the molecule is Clc1ccc2c(C3=CCN(CC4Cc5ccccc5C4)CC3)c[nH]c2c1Cl. The maximum absolute atomic E-state index is 6.34. The fraction of sp³-hybridized carbons (Fsp3) is 0.304. The molecule has 0 atom stereocenters. The van der Waals surface area contributed by atoms with Crippen LogP contribution in [-0.2, 0) is 12.8 Å². The van der Waals surface area contributed by atoms with Gasteiger partial charge in [0.1, 0.15) is 0 Å². The van der Waals surface area contributed by atoms with Crippen LogP contribution < -0.4 is 0 Å². The minimum absolute atomic E-state index is 0.596. The third-order valence-corrected chi connectivity index (χ3v) is 6.84. The van der Waals surface area contributed by atoms with Crippen molar-refractivity contribution in [2.75, 3.05) is 19.6 Å². The largest absolute Gasteiger partial charge is 0.359 e. The summed E-state index contributed by atoms with van der Waals surface area (Å²) in [5.41, 5.74) is 6.70. The molecule has 0 bridgehead atoms. The van der Waals surface area contributed by atoms with E-state index in [1.165, 1.54) is 30.5 Å². The molecular formula is C23H22Cl2N2. The quantitative estimate of drug-likeness (QED) is 0.576. The van der Waals surface area contributed by atoms with Gasteiger partial charge in [-0.25, -0.2) is 0 Å².